The zero-order chi connectivity index (χ0) is 13.5. The monoisotopic (exact) mass is 319 g/mol. The molecule has 0 aliphatic rings. The van der Waals surface area contributed by atoms with E-state index >= 15 is 0 Å². The zero-order valence-electron chi connectivity index (χ0n) is 11.0. The van der Waals surface area contributed by atoms with E-state index in [4.69, 9.17) is 0 Å². The third-order valence-corrected chi connectivity index (χ3v) is 3.36. The van der Waals surface area contributed by atoms with Crippen molar-refractivity contribution in [2.45, 2.75) is 25.8 Å². The molecule has 2 aromatic heterocycles. The standard InChI is InChI=1S/C15H18BrN3/c1-2-8-17-15(14-5-3-4-9-18-14)10-13-7-6-12(16)11-19-13/h3-7,9,11,15,17H,2,8,10H2,1H3. The highest BCUT2D eigenvalue weighted by Crippen LogP contribution is 2.16. The molecule has 0 saturated heterocycles. The molecule has 0 saturated carbocycles. The molecule has 2 heterocycles. The Labute approximate surface area is 122 Å². The lowest BCUT2D eigenvalue weighted by Crippen LogP contribution is -2.25. The van der Waals surface area contributed by atoms with E-state index in [1.807, 2.05) is 36.7 Å². The molecule has 0 aliphatic carbocycles. The molecule has 2 rings (SSSR count). The lowest BCUT2D eigenvalue weighted by molar-refractivity contribution is 0.513. The predicted octanol–water partition coefficient (Wildman–Crippen LogP) is 3.52. The summed E-state index contributed by atoms with van der Waals surface area (Å²) in [5.74, 6) is 0. The van der Waals surface area contributed by atoms with Crippen molar-refractivity contribution >= 4 is 15.9 Å². The number of halogens is 1. The van der Waals surface area contributed by atoms with Gasteiger partial charge in [0, 0.05) is 29.0 Å². The van der Waals surface area contributed by atoms with Crippen molar-refractivity contribution in [1.29, 1.82) is 0 Å². The third-order valence-electron chi connectivity index (χ3n) is 2.89. The molecular formula is C15H18BrN3. The van der Waals surface area contributed by atoms with Crippen LogP contribution in [-0.4, -0.2) is 16.5 Å². The van der Waals surface area contributed by atoms with Gasteiger partial charge in [0.05, 0.1) is 11.7 Å². The maximum Gasteiger partial charge on any atom is 0.0577 e. The van der Waals surface area contributed by atoms with Crippen LogP contribution in [0.25, 0.3) is 0 Å². The zero-order valence-corrected chi connectivity index (χ0v) is 12.6. The van der Waals surface area contributed by atoms with Gasteiger partial charge < -0.3 is 5.32 Å². The highest BCUT2D eigenvalue weighted by molar-refractivity contribution is 9.10. The molecule has 19 heavy (non-hydrogen) atoms. The van der Waals surface area contributed by atoms with E-state index in [2.05, 4.69) is 44.2 Å². The molecule has 1 unspecified atom stereocenters. The summed E-state index contributed by atoms with van der Waals surface area (Å²) in [5.41, 5.74) is 2.14. The van der Waals surface area contributed by atoms with E-state index in [-0.39, 0.29) is 6.04 Å². The molecule has 2 aromatic rings. The van der Waals surface area contributed by atoms with Gasteiger partial charge in [-0.1, -0.05) is 13.0 Å². The molecule has 1 N–H and O–H groups in total. The summed E-state index contributed by atoms with van der Waals surface area (Å²) in [6.07, 6.45) is 5.64. The van der Waals surface area contributed by atoms with Crippen LogP contribution in [0.15, 0.2) is 47.2 Å². The van der Waals surface area contributed by atoms with E-state index in [0.717, 1.165) is 35.2 Å². The Balaban J connectivity index is 2.11. The van der Waals surface area contributed by atoms with Crippen LogP contribution in [0, 0.1) is 0 Å². The molecular weight excluding hydrogens is 302 g/mol. The lowest BCUT2D eigenvalue weighted by atomic mass is 10.1. The normalized spacial score (nSPS) is 12.3. The number of nitrogens with zero attached hydrogens (tertiary/aromatic N) is 2. The summed E-state index contributed by atoms with van der Waals surface area (Å²) >= 11 is 3.41. The van der Waals surface area contributed by atoms with Gasteiger partial charge in [-0.25, -0.2) is 0 Å². The average Bonchev–Trinajstić information content (AvgIpc) is 2.46. The summed E-state index contributed by atoms with van der Waals surface area (Å²) in [7, 11) is 0. The second-order valence-electron chi connectivity index (χ2n) is 4.43. The number of hydrogen-bond acceptors (Lipinski definition) is 3. The predicted molar refractivity (Wildman–Crippen MR) is 80.9 cm³/mol. The minimum absolute atomic E-state index is 0.217. The highest BCUT2D eigenvalue weighted by Gasteiger charge is 2.13. The molecule has 100 valence electrons. The number of nitrogens with one attached hydrogen (secondary N) is 1. The first-order valence-corrected chi connectivity index (χ1v) is 7.33. The third kappa shape index (κ3) is 4.40. The minimum Gasteiger partial charge on any atom is -0.308 e. The fourth-order valence-electron chi connectivity index (χ4n) is 1.92. The van der Waals surface area contributed by atoms with Crippen molar-refractivity contribution < 1.29 is 0 Å². The van der Waals surface area contributed by atoms with Crippen LogP contribution in [0.3, 0.4) is 0 Å². The Bertz CT molecular complexity index is 485. The first-order valence-electron chi connectivity index (χ1n) is 6.54. The Morgan fingerprint density at radius 2 is 2.11 bits per heavy atom. The molecule has 0 aromatic carbocycles. The molecule has 0 amide bonds. The molecule has 0 radical (unpaired) electrons. The quantitative estimate of drug-likeness (QED) is 0.885. The fourth-order valence-corrected chi connectivity index (χ4v) is 2.15. The second kappa shape index (κ2) is 7.36. The Morgan fingerprint density at radius 3 is 2.74 bits per heavy atom. The molecule has 3 nitrogen and oxygen atoms in total. The average molecular weight is 320 g/mol. The first-order chi connectivity index (χ1) is 9.29. The summed E-state index contributed by atoms with van der Waals surface area (Å²) in [4.78, 5) is 8.88. The highest BCUT2D eigenvalue weighted by atomic mass is 79.9. The summed E-state index contributed by atoms with van der Waals surface area (Å²) < 4.78 is 1.01. The van der Waals surface area contributed by atoms with Crippen molar-refractivity contribution in [2.75, 3.05) is 6.54 Å². The van der Waals surface area contributed by atoms with Crippen LogP contribution in [0.2, 0.25) is 0 Å². The molecule has 0 fully saturated rings. The summed E-state index contributed by atoms with van der Waals surface area (Å²) in [6, 6.07) is 10.3. The lowest BCUT2D eigenvalue weighted by Gasteiger charge is -2.17. The maximum absolute atomic E-state index is 4.45. The van der Waals surface area contributed by atoms with Crippen molar-refractivity contribution in [3.8, 4) is 0 Å². The van der Waals surface area contributed by atoms with Crippen LogP contribution in [0.4, 0.5) is 0 Å². The molecule has 1 atom stereocenters. The van der Waals surface area contributed by atoms with Gasteiger partial charge in [-0.2, -0.15) is 0 Å². The van der Waals surface area contributed by atoms with Gasteiger partial charge in [0.1, 0.15) is 0 Å². The summed E-state index contributed by atoms with van der Waals surface area (Å²) in [6.45, 7) is 3.15. The Hall–Kier alpha value is -1.26. The van der Waals surface area contributed by atoms with E-state index in [9.17, 15) is 0 Å². The topological polar surface area (TPSA) is 37.8 Å². The number of aromatic nitrogens is 2. The minimum atomic E-state index is 0.217. The SMILES string of the molecule is CCCNC(Cc1ccc(Br)cn1)c1ccccn1. The molecule has 0 aliphatic heterocycles. The Morgan fingerprint density at radius 1 is 1.21 bits per heavy atom. The van der Waals surface area contributed by atoms with Crippen molar-refractivity contribution in [2.24, 2.45) is 0 Å². The van der Waals surface area contributed by atoms with Crippen LogP contribution < -0.4 is 5.32 Å². The van der Waals surface area contributed by atoms with Crippen molar-refractivity contribution in [3.05, 3.63) is 58.6 Å². The van der Waals surface area contributed by atoms with Gasteiger partial charge in [-0.05, 0) is 53.2 Å². The molecule has 0 bridgehead atoms. The second-order valence-corrected chi connectivity index (χ2v) is 5.35. The van der Waals surface area contributed by atoms with Crippen LogP contribution in [0.5, 0.6) is 0 Å². The van der Waals surface area contributed by atoms with E-state index < -0.39 is 0 Å². The smallest absolute Gasteiger partial charge is 0.0577 e. The van der Waals surface area contributed by atoms with Crippen molar-refractivity contribution in [1.82, 2.24) is 15.3 Å². The largest absolute Gasteiger partial charge is 0.308 e. The fraction of sp³-hybridized carbons (Fsp3) is 0.333. The number of hydrogen-bond donors (Lipinski definition) is 1. The molecule has 0 spiro atoms. The van der Waals surface area contributed by atoms with Crippen molar-refractivity contribution in [3.63, 3.8) is 0 Å². The van der Waals surface area contributed by atoms with Crippen LogP contribution in [-0.2, 0) is 6.42 Å². The van der Waals surface area contributed by atoms with Gasteiger partial charge in [-0.15, -0.1) is 0 Å². The maximum atomic E-state index is 4.45. The van der Waals surface area contributed by atoms with E-state index in [1.165, 1.54) is 0 Å². The van der Waals surface area contributed by atoms with Gasteiger partial charge in [0.25, 0.3) is 0 Å². The van der Waals surface area contributed by atoms with Gasteiger partial charge in [0.2, 0.25) is 0 Å². The Kier molecular flexibility index (Phi) is 5.48. The van der Waals surface area contributed by atoms with E-state index in [0.29, 0.717) is 0 Å². The van der Waals surface area contributed by atoms with Gasteiger partial charge in [-0.3, -0.25) is 9.97 Å². The van der Waals surface area contributed by atoms with Gasteiger partial charge in [0.15, 0.2) is 0 Å². The summed E-state index contributed by atoms with van der Waals surface area (Å²) in [5, 5.41) is 3.53. The number of rotatable bonds is 6. The van der Waals surface area contributed by atoms with E-state index in [1.54, 1.807) is 0 Å². The van der Waals surface area contributed by atoms with Crippen LogP contribution >= 0.6 is 15.9 Å². The molecule has 4 heteroatoms. The number of pyridine rings is 2. The first kappa shape index (κ1) is 14.2. The van der Waals surface area contributed by atoms with Crippen LogP contribution in [0.1, 0.15) is 30.8 Å². The van der Waals surface area contributed by atoms with Gasteiger partial charge >= 0.3 is 0 Å².